The van der Waals surface area contributed by atoms with Crippen LogP contribution in [0.1, 0.15) is 85.0 Å². The van der Waals surface area contributed by atoms with E-state index in [1.54, 1.807) is 14.2 Å². The van der Waals surface area contributed by atoms with Crippen LogP contribution < -0.4 is 5.32 Å². The number of alkyl carbamates (subject to hydrolysis) is 1. The Morgan fingerprint density at radius 1 is 0.868 bits per heavy atom. The van der Waals surface area contributed by atoms with Crippen molar-refractivity contribution >= 4 is 12.0 Å². The van der Waals surface area contributed by atoms with Crippen molar-refractivity contribution < 1.29 is 28.2 Å². The van der Waals surface area contributed by atoms with Crippen molar-refractivity contribution in [2.24, 2.45) is 35.5 Å². The number of ether oxygens (including phenoxy) is 3. The Balaban J connectivity index is 1.28. The molecule has 2 amide bonds. The molecule has 8 unspecified atom stereocenters. The molecule has 1 heterocycles. The summed E-state index contributed by atoms with van der Waals surface area (Å²) < 4.78 is 31.9. The maximum atomic E-state index is 15.1. The number of carbonyl (C=O) groups is 2. The van der Waals surface area contributed by atoms with Gasteiger partial charge in [-0.1, -0.05) is 12.8 Å². The van der Waals surface area contributed by atoms with Crippen LogP contribution in [-0.2, 0) is 19.0 Å². The van der Waals surface area contributed by atoms with Gasteiger partial charge in [-0.25, -0.2) is 9.18 Å². The second-order valence-corrected chi connectivity index (χ2v) is 13.4. The second-order valence-electron chi connectivity index (χ2n) is 13.4. The summed E-state index contributed by atoms with van der Waals surface area (Å²) in [5.74, 6) is 1.87. The van der Waals surface area contributed by atoms with E-state index >= 15 is 4.39 Å². The minimum absolute atomic E-state index is 0.0114. The predicted octanol–water partition coefficient (Wildman–Crippen LogP) is 5.36. The van der Waals surface area contributed by atoms with Crippen molar-refractivity contribution in [3.8, 4) is 0 Å². The van der Waals surface area contributed by atoms with E-state index in [0.717, 1.165) is 64.5 Å². The van der Waals surface area contributed by atoms with E-state index in [9.17, 15) is 9.59 Å². The van der Waals surface area contributed by atoms with Crippen molar-refractivity contribution in [1.29, 1.82) is 0 Å². The Labute approximate surface area is 228 Å². The van der Waals surface area contributed by atoms with Crippen molar-refractivity contribution in [2.45, 2.75) is 109 Å². The van der Waals surface area contributed by atoms with Gasteiger partial charge in [0.2, 0.25) is 5.91 Å². The van der Waals surface area contributed by atoms with Gasteiger partial charge in [-0.3, -0.25) is 4.79 Å². The maximum Gasteiger partial charge on any atom is 0.407 e. The standard InChI is InChI=1S/C30H51FN2O5/c1-30(2,3)38-29(35)32-18-19-9-10-25(31)24(15-19)20-11-13-33(14-12-20)28(34)22-8-6-7-21-16-26(36-4)27(37-5)17-23(21)22/h19-27H,6-18H2,1-5H3,(H,32,35). The molecule has 0 spiro atoms. The number of methoxy groups -OCH3 is 2. The molecule has 0 aromatic heterocycles. The molecule has 7 nitrogen and oxygen atoms in total. The van der Waals surface area contributed by atoms with Crippen LogP contribution in [0, 0.1) is 35.5 Å². The third kappa shape index (κ3) is 7.21. The molecule has 1 saturated heterocycles. The molecule has 0 aromatic carbocycles. The van der Waals surface area contributed by atoms with E-state index in [1.165, 1.54) is 6.42 Å². The summed E-state index contributed by atoms with van der Waals surface area (Å²) in [6.07, 6.45) is 8.00. The lowest BCUT2D eigenvalue weighted by molar-refractivity contribution is -0.148. The van der Waals surface area contributed by atoms with E-state index < -0.39 is 17.9 Å². The fourth-order valence-electron chi connectivity index (χ4n) is 7.94. The predicted molar refractivity (Wildman–Crippen MR) is 144 cm³/mol. The lowest BCUT2D eigenvalue weighted by Gasteiger charge is -2.47. The summed E-state index contributed by atoms with van der Waals surface area (Å²) >= 11 is 0. The first-order chi connectivity index (χ1) is 18.1. The van der Waals surface area contributed by atoms with E-state index in [0.29, 0.717) is 36.6 Å². The lowest BCUT2D eigenvalue weighted by atomic mass is 9.63. The molecule has 4 rings (SSSR count). The largest absolute Gasteiger partial charge is 0.444 e. The molecule has 4 fully saturated rings. The number of likely N-dealkylation sites (tertiary alicyclic amines) is 1. The van der Waals surface area contributed by atoms with Gasteiger partial charge in [-0.15, -0.1) is 0 Å². The van der Waals surface area contributed by atoms with Gasteiger partial charge < -0.3 is 24.4 Å². The third-order valence-electron chi connectivity index (χ3n) is 9.90. The first-order valence-electron chi connectivity index (χ1n) is 15.0. The van der Waals surface area contributed by atoms with Gasteiger partial charge in [0, 0.05) is 39.8 Å². The highest BCUT2D eigenvalue weighted by Gasteiger charge is 2.46. The van der Waals surface area contributed by atoms with Crippen LogP contribution in [0.25, 0.3) is 0 Å². The highest BCUT2D eigenvalue weighted by Crippen LogP contribution is 2.46. The van der Waals surface area contributed by atoms with Gasteiger partial charge in [0.05, 0.1) is 12.2 Å². The number of nitrogens with zero attached hydrogens (tertiary/aromatic N) is 1. The Hall–Kier alpha value is -1.41. The zero-order chi connectivity index (χ0) is 27.4. The molecule has 0 bridgehead atoms. The Morgan fingerprint density at radius 3 is 2.21 bits per heavy atom. The van der Waals surface area contributed by atoms with E-state index in [-0.39, 0.29) is 30.0 Å². The van der Waals surface area contributed by atoms with Crippen LogP contribution in [0.5, 0.6) is 0 Å². The molecule has 1 N–H and O–H groups in total. The number of hydrogen-bond acceptors (Lipinski definition) is 5. The van der Waals surface area contributed by atoms with E-state index in [4.69, 9.17) is 14.2 Å². The Bertz CT molecular complexity index is 796. The number of piperidine rings is 1. The average molecular weight is 539 g/mol. The average Bonchev–Trinajstić information content (AvgIpc) is 2.90. The van der Waals surface area contributed by atoms with Crippen LogP contribution in [0.15, 0.2) is 0 Å². The van der Waals surface area contributed by atoms with Crippen LogP contribution in [0.2, 0.25) is 0 Å². The fourth-order valence-corrected chi connectivity index (χ4v) is 7.94. The van der Waals surface area contributed by atoms with Crippen molar-refractivity contribution in [3.63, 3.8) is 0 Å². The van der Waals surface area contributed by atoms with Gasteiger partial charge in [0.25, 0.3) is 0 Å². The molecule has 218 valence electrons. The number of carbonyl (C=O) groups excluding carboxylic acids is 2. The highest BCUT2D eigenvalue weighted by atomic mass is 19.1. The summed E-state index contributed by atoms with van der Waals surface area (Å²) in [5.41, 5.74) is -0.526. The number of alkyl halides is 1. The molecule has 3 saturated carbocycles. The van der Waals surface area contributed by atoms with Gasteiger partial charge in [0.1, 0.15) is 11.8 Å². The quantitative estimate of drug-likeness (QED) is 0.493. The zero-order valence-corrected chi connectivity index (χ0v) is 24.3. The molecule has 38 heavy (non-hydrogen) atoms. The highest BCUT2D eigenvalue weighted by molar-refractivity contribution is 5.79. The molecule has 1 aliphatic heterocycles. The number of halogens is 1. The summed E-state index contributed by atoms with van der Waals surface area (Å²) in [5, 5.41) is 2.89. The molecule has 8 atom stereocenters. The molecular formula is C30H51FN2O5. The van der Waals surface area contributed by atoms with Crippen LogP contribution in [-0.4, -0.2) is 74.7 Å². The lowest BCUT2D eigenvalue weighted by Crippen LogP contribution is -2.51. The van der Waals surface area contributed by atoms with Gasteiger partial charge in [-0.05, 0) is 102 Å². The third-order valence-corrected chi connectivity index (χ3v) is 9.90. The first-order valence-corrected chi connectivity index (χ1v) is 15.0. The molecule has 0 aromatic rings. The monoisotopic (exact) mass is 538 g/mol. The normalized spacial score (nSPS) is 36.8. The van der Waals surface area contributed by atoms with Crippen LogP contribution in [0.3, 0.4) is 0 Å². The summed E-state index contributed by atoms with van der Waals surface area (Å²) in [7, 11) is 3.52. The van der Waals surface area contributed by atoms with E-state index in [1.807, 2.05) is 20.8 Å². The Morgan fingerprint density at radius 2 is 1.55 bits per heavy atom. The molecule has 8 heteroatoms. The minimum atomic E-state index is -0.791. The first kappa shape index (κ1) is 29.6. The smallest absolute Gasteiger partial charge is 0.407 e. The number of rotatable bonds is 6. The number of nitrogens with one attached hydrogen (secondary N) is 1. The van der Waals surface area contributed by atoms with Crippen LogP contribution in [0.4, 0.5) is 9.18 Å². The van der Waals surface area contributed by atoms with E-state index in [2.05, 4.69) is 10.2 Å². The minimum Gasteiger partial charge on any atom is -0.444 e. The van der Waals surface area contributed by atoms with Crippen molar-refractivity contribution in [1.82, 2.24) is 10.2 Å². The molecule has 0 radical (unpaired) electrons. The topological polar surface area (TPSA) is 77.1 Å². The zero-order valence-electron chi connectivity index (χ0n) is 24.3. The van der Waals surface area contributed by atoms with Gasteiger partial charge in [0.15, 0.2) is 0 Å². The fraction of sp³-hybridized carbons (Fsp3) is 0.933. The molecule has 3 aliphatic carbocycles. The SMILES string of the molecule is COC1CC2CCCC(C(=O)N3CCC(C4CC(CNC(=O)OC(C)(C)C)CCC4F)CC3)C2CC1OC. The van der Waals surface area contributed by atoms with Gasteiger partial charge in [-0.2, -0.15) is 0 Å². The summed E-state index contributed by atoms with van der Waals surface area (Å²) in [6.45, 7) is 7.55. The molecular weight excluding hydrogens is 487 g/mol. The van der Waals surface area contributed by atoms with Crippen LogP contribution >= 0.6 is 0 Å². The van der Waals surface area contributed by atoms with Crippen molar-refractivity contribution in [2.75, 3.05) is 33.9 Å². The summed E-state index contributed by atoms with van der Waals surface area (Å²) in [4.78, 5) is 27.9. The number of amides is 2. The number of hydrogen-bond donors (Lipinski definition) is 1. The van der Waals surface area contributed by atoms with Gasteiger partial charge >= 0.3 is 6.09 Å². The second kappa shape index (κ2) is 12.8. The number of fused-ring (bicyclic) bond motifs is 1. The van der Waals surface area contributed by atoms with Crippen molar-refractivity contribution in [3.05, 3.63) is 0 Å². The Kier molecular flexibility index (Phi) is 9.99. The maximum absolute atomic E-state index is 15.1. The molecule has 4 aliphatic rings. The summed E-state index contributed by atoms with van der Waals surface area (Å²) in [6, 6.07) is 0.